The number of nitrogens with one attached hydrogen (secondary N) is 1. The number of benzene rings is 2. The molecule has 1 fully saturated rings. The Kier molecular flexibility index (Phi) is 6.02. The largest absolute Gasteiger partial charge is 0.332 e. The van der Waals surface area contributed by atoms with Gasteiger partial charge in [-0.2, -0.15) is 0 Å². The average Bonchev–Trinajstić information content (AvgIpc) is 2.64. The minimum Gasteiger partial charge on any atom is -0.332 e. The Bertz CT molecular complexity index is 587. The molecule has 24 heavy (non-hydrogen) atoms. The zero-order valence-electron chi connectivity index (χ0n) is 14.2. The minimum absolute atomic E-state index is 0.000624. The van der Waals surface area contributed by atoms with Gasteiger partial charge in [0.2, 0.25) is 5.91 Å². The highest BCUT2D eigenvalue weighted by molar-refractivity contribution is 5.77. The van der Waals surface area contributed by atoms with E-state index in [4.69, 9.17) is 0 Å². The smallest absolute Gasteiger partial charge is 0.224 e. The van der Waals surface area contributed by atoms with Crippen LogP contribution >= 0.6 is 0 Å². The van der Waals surface area contributed by atoms with Crippen LogP contribution in [0.4, 0.5) is 0 Å². The molecular weight excluding hydrogens is 296 g/mol. The number of hydrogen-bond donors (Lipinski definition) is 1. The van der Waals surface area contributed by atoms with Gasteiger partial charge in [0.1, 0.15) is 0 Å². The Morgan fingerprint density at radius 3 is 2.04 bits per heavy atom. The van der Waals surface area contributed by atoms with Crippen molar-refractivity contribution in [3.63, 3.8) is 0 Å². The van der Waals surface area contributed by atoms with Crippen molar-refractivity contribution in [2.75, 3.05) is 19.6 Å². The van der Waals surface area contributed by atoms with Gasteiger partial charge in [0.05, 0.1) is 6.04 Å². The Morgan fingerprint density at radius 2 is 1.42 bits per heavy atom. The molecule has 0 atom stereocenters. The molecule has 1 heterocycles. The summed E-state index contributed by atoms with van der Waals surface area (Å²) in [6.07, 6.45) is 3.97. The van der Waals surface area contributed by atoms with Gasteiger partial charge in [-0.15, -0.1) is 0 Å². The van der Waals surface area contributed by atoms with E-state index >= 15 is 0 Å². The molecule has 1 amide bonds. The molecule has 0 radical (unpaired) electrons. The molecule has 126 valence electrons. The topological polar surface area (TPSA) is 32.3 Å². The first kappa shape index (κ1) is 16.7. The number of nitrogens with zero attached hydrogens (tertiary/aromatic N) is 1. The molecule has 2 aromatic carbocycles. The molecule has 1 aliphatic rings. The predicted molar refractivity (Wildman–Crippen MR) is 97.8 cm³/mol. The zero-order valence-corrected chi connectivity index (χ0v) is 14.2. The van der Waals surface area contributed by atoms with E-state index in [-0.39, 0.29) is 11.9 Å². The number of hydrogen-bond acceptors (Lipinski definition) is 2. The first-order valence-corrected chi connectivity index (χ1v) is 8.96. The molecule has 0 aliphatic carbocycles. The van der Waals surface area contributed by atoms with Gasteiger partial charge < -0.3 is 10.2 Å². The van der Waals surface area contributed by atoms with Gasteiger partial charge in [-0.05, 0) is 30.5 Å². The molecule has 0 bridgehead atoms. The van der Waals surface area contributed by atoms with Crippen LogP contribution < -0.4 is 5.32 Å². The highest BCUT2D eigenvalue weighted by Crippen LogP contribution is 2.29. The van der Waals surface area contributed by atoms with Crippen molar-refractivity contribution < 1.29 is 4.79 Å². The standard InChI is InChI=1S/C21H26N2O/c24-20-14-16-22-15-8-3-9-17-23(20)21(18-10-4-1-5-11-18)19-12-6-2-7-13-19/h1-2,4-7,10-13,21-22H,3,8-9,14-17H2. The van der Waals surface area contributed by atoms with Crippen molar-refractivity contribution in [1.29, 1.82) is 0 Å². The SMILES string of the molecule is O=C1CCNCCCCCN1C(c1ccccc1)c1ccccc1. The van der Waals surface area contributed by atoms with E-state index in [0.717, 1.165) is 32.5 Å². The zero-order chi connectivity index (χ0) is 16.6. The highest BCUT2D eigenvalue weighted by Gasteiger charge is 2.26. The summed E-state index contributed by atoms with van der Waals surface area (Å²) in [5.74, 6) is 0.238. The molecule has 3 rings (SSSR count). The second-order valence-electron chi connectivity index (χ2n) is 6.37. The van der Waals surface area contributed by atoms with Crippen molar-refractivity contribution in [1.82, 2.24) is 10.2 Å². The summed E-state index contributed by atoms with van der Waals surface area (Å²) in [5, 5.41) is 3.38. The third-order valence-corrected chi connectivity index (χ3v) is 4.63. The van der Waals surface area contributed by atoms with Gasteiger partial charge in [0.25, 0.3) is 0 Å². The molecule has 3 heteroatoms. The van der Waals surface area contributed by atoms with Crippen molar-refractivity contribution in [3.8, 4) is 0 Å². The van der Waals surface area contributed by atoms with Crippen LogP contribution in [0.15, 0.2) is 60.7 Å². The molecule has 0 unspecified atom stereocenters. The summed E-state index contributed by atoms with van der Waals surface area (Å²) < 4.78 is 0. The average molecular weight is 322 g/mol. The molecule has 0 saturated carbocycles. The Balaban J connectivity index is 1.94. The van der Waals surface area contributed by atoms with E-state index in [1.165, 1.54) is 17.5 Å². The van der Waals surface area contributed by atoms with E-state index in [0.29, 0.717) is 6.42 Å². The predicted octanol–water partition coefficient (Wildman–Crippen LogP) is 3.77. The summed E-state index contributed by atoms with van der Waals surface area (Å²) >= 11 is 0. The molecule has 1 saturated heterocycles. The molecular formula is C21H26N2O. The number of carbonyl (C=O) groups excluding carboxylic acids is 1. The molecule has 2 aromatic rings. The Morgan fingerprint density at radius 1 is 0.792 bits per heavy atom. The van der Waals surface area contributed by atoms with Crippen LogP contribution in [0.25, 0.3) is 0 Å². The maximum Gasteiger partial charge on any atom is 0.224 e. The molecule has 0 spiro atoms. The molecule has 1 N–H and O–H groups in total. The fraction of sp³-hybridized carbons (Fsp3) is 0.381. The molecule has 0 aromatic heterocycles. The van der Waals surface area contributed by atoms with Crippen LogP contribution in [0.2, 0.25) is 0 Å². The number of carbonyl (C=O) groups is 1. The lowest BCUT2D eigenvalue weighted by atomic mass is 9.96. The Labute approximate surface area is 144 Å². The van der Waals surface area contributed by atoms with E-state index in [1.54, 1.807) is 0 Å². The summed E-state index contributed by atoms with van der Waals surface area (Å²) in [6.45, 7) is 2.62. The first-order valence-electron chi connectivity index (χ1n) is 8.96. The van der Waals surface area contributed by atoms with Gasteiger partial charge in [-0.1, -0.05) is 67.1 Å². The first-order chi connectivity index (χ1) is 11.9. The van der Waals surface area contributed by atoms with Crippen LogP contribution in [0.3, 0.4) is 0 Å². The highest BCUT2D eigenvalue weighted by atomic mass is 16.2. The third-order valence-electron chi connectivity index (χ3n) is 4.63. The second-order valence-corrected chi connectivity index (χ2v) is 6.37. The lowest BCUT2D eigenvalue weighted by molar-refractivity contribution is -0.133. The van der Waals surface area contributed by atoms with Crippen molar-refractivity contribution >= 4 is 5.91 Å². The van der Waals surface area contributed by atoms with Gasteiger partial charge >= 0.3 is 0 Å². The van der Waals surface area contributed by atoms with Crippen molar-refractivity contribution in [2.24, 2.45) is 0 Å². The quantitative estimate of drug-likeness (QED) is 0.933. The third kappa shape index (κ3) is 4.24. The van der Waals surface area contributed by atoms with Crippen LogP contribution in [-0.4, -0.2) is 30.4 Å². The van der Waals surface area contributed by atoms with Crippen LogP contribution in [0, 0.1) is 0 Å². The lowest BCUT2D eigenvalue weighted by Crippen LogP contribution is -2.38. The van der Waals surface area contributed by atoms with E-state index in [1.807, 2.05) is 12.1 Å². The second kappa shape index (κ2) is 8.65. The number of rotatable bonds is 3. The summed E-state index contributed by atoms with van der Waals surface area (Å²) in [6, 6.07) is 20.8. The Hall–Kier alpha value is -2.13. The summed E-state index contributed by atoms with van der Waals surface area (Å²) in [7, 11) is 0. The minimum atomic E-state index is -0.000624. The van der Waals surface area contributed by atoms with Crippen LogP contribution in [0.1, 0.15) is 42.9 Å². The summed E-state index contributed by atoms with van der Waals surface area (Å²) in [5.41, 5.74) is 2.36. The van der Waals surface area contributed by atoms with Gasteiger partial charge in [0, 0.05) is 19.5 Å². The number of amides is 1. The molecule has 1 aliphatic heterocycles. The summed E-state index contributed by atoms with van der Waals surface area (Å²) in [4.78, 5) is 15.0. The molecule has 3 nitrogen and oxygen atoms in total. The monoisotopic (exact) mass is 322 g/mol. The normalized spacial score (nSPS) is 17.0. The van der Waals surface area contributed by atoms with Crippen LogP contribution in [-0.2, 0) is 4.79 Å². The van der Waals surface area contributed by atoms with E-state index in [9.17, 15) is 4.79 Å². The fourth-order valence-electron chi connectivity index (χ4n) is 3.39. The van der Waals surface area contributed by atoms with Crippen molar-refractivity contribution in [2.45, 2.75) is 31.7 Å². The van der Waals surface area contributed by atoms with Crippen LogP contribution in [0.5, 0.6) is 0 Å². The van der Waals surface area contributed by atoms with Gasteiger partial charge in [-0.25, -0.2) is 0 Å². The van der Waals surface area contributed by atoms with E-state index < -0.39 is 0 Å². The van der Waals surface area contributed by atoms with E-state index in [2.05, 4.69) is 58.7 Å². The lowest BCUT2D eigenvalue weighted by Gasteiger charge is -2.33. The van der Waals surface area contributed by atoms with Gasteiger partial charge in [-0.3, -0.25) is 4.79 Å². The van der Waals surface area contributed by atoms with Gasteiger partial charge in [0.15, 0.2) is 0 Å². The fourth-order valence-corrected chi connectivity index (χ4v) is 3.39. The van der Waals surface area contributed by atoms with Crippen molar-refractivity contribution in [3.05, 3.63) is 71.8 Å². The maximum absolute atomic E-state index is 12.9. The maximum atomic E-state index is 12.9.